The minimum absolute atomic E-state index is 0.0221. The van der Waals surface area contributed by atoms with Gasteiger partial charge in [-0.25, -0.2) is 4.79 Å². The van der Waals surface area contributed by atoms with Crippen molar-refractivity contribution in [2.24, 2.45) is 0 Å². The number of halogens is 1. The molecular formula is C21H28IN3O5. The molecular weight excluding hydrogens is 501 g/mol. The predicted molar refractivity (Wildman–Crippen MR) is 121 cm³/mol. The Morgan fingerprint density at radius 1 is 1.20 bits per heavy atom. The quantitative estimate of drug-likeness (QED) is 0.258. The molecule has 0 aromatic heterocycles. The van der Waals surface area contributed by atoms with Gasteiger partial charge in [0.05, 0.1) is 6.61 Å². The van der Waals surface area contributed by atoms with E-state index < -0.39 is 29.7 Å². The molecule has 0 aliphatic carbocycles. The minimum Gasteiger partial charge on any atom is -0.444 e. The zero-order valence-corrected chi connectivity index (χ0v) is 19.7. The van der Waals surface area contributed by atoms with Crippen molar-refractivity contribution in [2.45, 2.75) is 51.9 Å². The van der Waals surface area contributed by atoms with E-state index in [-0.39, 0.29) is 19.1 Å². The van der Waals surface area contributed by atoms with Gasteiger partial charge in [0.1, 0.15) is 24.3 Å². The van der Waals surface area contributed by atoms with Crippen LogP contribution in [0.25, 0.3) is 0 Å². The van der Waals surface area contributed by atoms with Crippen LogP contribution in [-0.4, -0.2) is 48.8 Å². The Hall–Kier alpha value is -2.32. The fourth-order valence-electron chi connectivity index (χ4n) is 2.24. The lowest BCUT2D eigenvalue weighted by Crippen LogP contribution is -2.54. The summed E-state index contributed by atoms with van der Waals surface area (Å²) in [5.41, 5.74) is 0.216. The molecule has 9 heteroatoms. The normalized spacial score (nSPS) is 12.8. The van der Waals surface area contributed by atoms with Gasteiger partial charge in [0, 0.05) is 10.1 Å². The van der Waals surface area contributed by atoms with E-state index in [1.165, 1.54) is 0 Å². The van der Waals surface area contributed by atoms with Crippen molar-refractivity contribution in [1.29, 1.82) is 0 Å². The van der Waals surface area contributed by atoms with Crippen LogP contribution in [0.4, 0.5) is 4.79 Å². The van der Waals surface area contributed by atoms with E-state index in [0.717, 1.165) is 9.13 Å². The summed E-state index contributed by atoms with van der Waals surface area (Å²) in [6, 6.07) is 5.81. The smallest absolute Gasteiger partial charge is 0.408 e. The van der Waals surface area contributed by atoms with Gasteiger partial charge in [0.15, 0.2) is 0 Å². The molecule has 0 bridgehead atoms. The number of hydrogen-bond donors (Lipinski definition) is 3. The summed E-state index contributed by atoms with van der Waals surface area (Å²) in [5, 5.41) is 7.78. The van der Waals surface area contributed by atoms with Gasteiger partial charge >= 0.3 is 6.09 Å². The van der Waals surface area contributed by atoms with Gasteiger partial charge in [-0.3, -0.25) is 9.59 Å². The van der Waals surface area contributed by atoms with Crippen LogP contribution in [0.15, 0.2) is 24.3 Å². The Morgan fingerprint density at radius 2 is 1.90 bits per heavy atom. The van der Waals surface area contributed by atoms with Crippen molar-refractivity contribution < 1.29 is 23.9 Å². The Balaban J connectivity index is 2.64. The van der Waals surface area contributed by atoms with Crippen LogP contribution in [-0.2, 0) is 25.6 Å². The summed E-state index contributed by atoms with van der Waals surface area (Å²) in [6.45, 7) is 6.82. The van der Waals surface area contributed by atoms with E-state index in [4.69, 9.17) is 15.9 Å². The van der Waals surface area contributed by atoms with Crippen molar-refractivity contribution in [3.8, 4) is 12.3 Å². The average Bonchev–Trinajstić information content (AvgIpc) is 2.63. The minimum atomic E-state index is -1.07. The highest BCUT2D eigenvalue weighted by Crippen LogP contribution is 2.08. The van der Waals surface area contributed by atoms with Crippen LogP contribution in [0.2, 0.25) is 0 Å². The Morgan fingerprint density at radius 3 is 2.50 bits per heavy atom. The molecule has 0 aliphatic heterocycles. The van der Waals surface area contributed by atoms with Crippen LogP contribution >= 0.6 is 22.6 Å². The second-order valence-electron chi connectivity index (χ2n) is 7.50. The molecule has 0 saturated heterocycles. The monoisotopic (exact) mass is 529 g/mol. The maximum atomic E-state index is 12.6. The van der Waals surface area contributed by atoms with E-state index in [1.807, 2.05) is 24.3 Å². The summed E-state index contributed by atoms with van der Waals surface area (Å²) in [5.74, 6) is 1.34. The number of amides is 3. The largest absolute Gasteiger partial charge is 0.444 e. The third kappa shape index (κ3) is 10.5. The predicted octanol–water partition coefficient (Wildman–Crippen LogP) is 1.96. The molecule has 0 fully saturated rings. The van der Waals surface area contributed by atoms with Gasteiger partial charge in [0.25, 0.3) is 0 Å². The van der Waals surface area contributed by atoms with Crippen molar-refractivity contribution in [3.05, 3.63) is 33.4 Å². The molecule has 1 rings (SSSR count). The molecule has 1 aromatic rings. The van der Waals surface area contributed by atoms with Crippen LogP contribution in [0, 0.1) is 15.9 Å². The summed E-state index contributed by atoms with van der Waals surface area (Å²) in [6.07, 6.45) is 4.37. The first-order valence-electron chi connectivity index (χ1n) is 9.35. The summed E-state index contributed by atoms with van der Waals surface area (Å²) in [4.78, 5) is 36.9. The first-order valence-corrected chi connectivity index (χ1v) is 10.4. The van der Waals surface area contributed by atoms with Gasteiger partial charge in [-0.05, 0) is 68.0 Å². The Bertz CT molecular complexity index is 786. The molecule has 164 valence electrons. The summed E-state index contributed by atoms with van der Waals surface area (Å²) in [7, 11) is 0. The van der Waals surface area contributed by atoms with E-state index in [0.29, 0.717) is 6.54 Å². The first-order chi connectivity index (χ1) is 14.0. The molecule has 30 heavy (non-hydrogen) atoms. The zero-order valence-electron chi connectivity index (χ0n) is 17.6. The number of hydrogen-bond acceptors (Lipinski definition) is 5. The van der Waals surface area contributed by atoms with Gasteiger partial charge in [-0.2, -0.15) is 0 Å². The Labute approximate surface area is 191 Å². The van der Waals surface area contributed by atoms with Crippen LogP contribution in [0.5, 0.6) is 0 Å². The maximum absolute atomic E-state index is 12.6. The van der Waals surface area contributed by atoms with Crippen molar-refractivity contribution >= 4 is 40.5 Å². The topological polar surface area (TPSA) is 106 Å². The van der Waals surface area contributed by atoms with Crippen molar-refractivity contribution in [3.63, 3.8) is 0 Å². The van der Waals surface area contributed by atoms with Gasteiger partial charge in [0.2, 0.25) is 11.8 Å². The summed E-state index contributed by atoms with van der Waals surface area (Å²) >= 11 is 2.19. The third-order valence-corrected chi connectivity index (χ3v) is 4.26. The average molecular weight is 529 g/mol. The number of terminal acetylenes is 1. The molecule has 0 heterocycles. The lowest BCUT2D eigenvalue weighted by molar-refractivity contribution is -0.130. The molecule has 0 radical (unpaired) electrons. The number of alkyl carbamates (subject to hydrolysis) is 1. The standard InChI is InChI=1S/C21H28IN3O5/c1-6-10-29-13-17(25-20(28)30-21(3,4)5)19(27)24-14(2)18(26)23-12-15-8-7-9-16(22)11-15/h1,7-9,11,14,17H,10,12-13H2,2-5H3,(H,23,26)(H,24,27)(H,25,28)/t14-,17+/m1/s1. The fourth-order valence-corrected chi connectivity index (χ4v) is 2.84. The van der Waals surface area contributed by atoms with Gasteiger partial charge < -0.3 is 25.4 Å². The molecule has 3 amide bonds. The van der Waals surface area contributed by atoms with E-state index in [2.05, 4.69) is 44.5 Å². The van der Waals surface area contributed by atoms with Gasteiger partial charge in [-0.15, -0.1) is 6.42 Å². The SMILES string of the molecule is C#CCOC[C@H](NC(=O)OC(C)(C)C)C(=O)N[C@H](C)C(=O)NCc1cccc(I)c1. The molecule has 0 saturated carbocycles. The fraction of sp³-hybridized carbons (Fsp3) is 0.476. The number of benzene rings is 1. The van der Waals surface area contributed by atoms with Crippen molar-refractivity contribution in [2.75, 3.05) is 13.2 Å². The summed E-state index contributed by atoms with van der Waals surface area (Å²) < 4.78 is 11.4. The molecule has 8 nitrogen and oxygen atoms in total. The number of carbonyl (C=O) groups excluding carboxylic acids is 3. The number of carbonyl (C=O) groups is 3. The molecule has 3 N–H and O–H groups in total. The maximum Gasteiger partial charge on any atom is 0.408 e. The molecule has 1 aromatic carbocycles. The van der Waals surface area contributed by atoms with Crippen LogP contribution in [0.3, 0.4) is 0 Å². The van der Waals surface area contributed by atoms with Crippen LogP contribution in [0.1, 0.15) is 33.3 Å². The lowest BCUT2D eigenvalue weighted by Gasteiger charge is -2.24. The first kappa shape index (κ1) is 25.7. The highest BCUT2D eigenvalue weighted by Gasteiger charge is 2.27. The van der Waals surface area contributed by atoms with E-state index >= 15 is 0 Å². The van der Waals surface area contributed by atoms with E-state index in [9.17, 15) is 14.4 Å². The molecule has 0 aliphatic rings. The van der Waals surface area contributed by atoms with E-state index in [1.54, 1.807) is 27.7 Å². The van der Waals surface area contributed by atoms with Gasteiger partial charge in [-0.1, -0.05) is 18.1 Å². The number of nitrogens with one attached hydrogen (secondary N) is 3. The second-order valence-corrected chi connectivity index (χ2v) is 8.74. The highest BCUT2D eigenvalue weighted by atomic mass is 127. The van der Waals surface area contributed by atoms with Crippen molar-refractivity contribution in [1.82, 2.24) is 16.0 Å². The Kier molecular flexibility index (Phi) is 10.6. The molecule has 2 atom stereocenters. The zero-order chi connectivity index (χ0) is 22.7. The van der Waals surface area contributed by atoms with Crippen LogP contribution < -0.4 is 16.0 Å². The second kappa shape index (κ2) is 12.4. The number of rotatable bonds is 9. The molecule has 0 unspecified atom stereocenters. The number of ether oxygens (including phenoxy) is 2. The lowest BCUT2D eigenvalue weighted by atomic mass is 10.2. The third-order valence-electron chi connectivity index (χ3n) is 3.59. The molecule has 0 spiro atoms. The highest BCUT2D eigenvalue weighted by molar-refractivity contribution is 14.1.